The first-order valence-electron chi connectivity index (χ1n) is 6.33. The molecule has 0 aliphatic carbocycles. The summed E-state index contributed by atoms with van der Waals surface area (Å²) in [5.74, 6) is -3.60. The van der Waals surface area contributed by atoms with Crippen LogP contribution in [0.2, 0.25) is 0 Å². The van der Waals surface area contributed by atoms with Crippen LogP contribution < -0.4 is 0 Å². The molecule has 5 atom stereocenters. The number of aliphatic hydroxyl groups excluding tert-OH is 4. The minimum absolute atomic E-state index is 0.506. The molecule has 1 aliphatic heterocycles. The summed E-state index contributed by atoms with van der Waals surface area (Å²) in [6, 6.07) is 0. The third-order valence-corrected chi connectivity index (χ3v) is 3.14. The molecule has 0 amide bonds. The van der Waals surface area contributed by atoms with Crippen LogP contribution in [0.1, 0.15) is 32.6 Å². The molecule has 0 spiro atoms. The topological polar surface area (TPSA) is 130 Å². The zero-order valence-corrected chi connectivity index (χ0v) is 10.8. The highest BCUT2D eigenvalue weighted by Gasteiger charge is 2.59. The summed E-state index contributed by atoms with van der Waals surface area (Å²) in [6.07, 6.45) is -3.00. The maximum Gasteiger partial charge on any atom is 0.260 e. The van der Waals surface area contributed by atoms with Gasteiger partial charge >= 0.3 is 0 Å². The minimum atomic E-state index is -3.08. The Kier molecular flexibility index (Phi) is 5.72. The van der Waals surface area contributed by atoms with Gasteiger partial charge in [0, 0.05) is 0 Å². The van der Waals surface area contributed by atoms with Gasteiger partial charge < -0.3 is 30.3 Å². The van der Waals surface area contributed by atoms with E-state index in [9.17, 15) is 25.5 Å². The van der Waals surface area contributed by atoms with Crippen molar-refractivity contribution >= 4 is 0 Å². The van der Waals surface area contributed by atoms with E-state index in [4.69, 9.17) is 5.11 Å². The van der Waals surface area contributed by atoms with Gasteiger partial charge in [-0.3, -0.25) is 0 Å². The normalized spacial score (nSPS) is 32.5. The Morgan fingerprint density at radius 3 is 2.53 bits per heavy atom. The summed E-state index contributed by atoms with van der Waals surface area (Å²) < 4.78 is 4.59. The number of ether oxygens (including phenoxy) is 1. The summed E-state index contributed by atoms with van der Waals surface area (Å²) >= 11 is 0. The van der Waals surface area contributed by atoms with Crippen molar-refractivity contribution in [3.8, 4) is 0 Å². The largest absolute Gasteiger partial charge is 0.510 e. The van der Waals surface area contributed by atoms with Crippen LogP contribution in [-0.4, -0.2) is 55.9 Å². The first kappa shape index (κ1) is 16.4. The second-order valence-corrected chi connectivity index (χ2v) is 4.71. The molecular formula is C12H21O7. The van der Waals surface area contributed by atoms with Gasteiger partial charge in [0.05, 0.1) is 0 Å². The lowest BCUT2D eigenvalue weighted by atomic mass is 10.00. The van der Waals surface area contributed by atoms with Gasteiger partial charge in [-0.15, -0.1) is 0 Å². The number of aliphatic hydroxyl groups is 5. The number of rotatable bonds is 6. The molecule has 1 aliphatic rings. The molecule has 111 valence electrons. The van der Waals surface area contributed by atoms with Gasteiger partial charge in [-0.25, -0.2) is 0 Å². The number of allylic oxidation sites excluding steroid dienone is 1. The first-order valence-corrected chi connectivity index (χ1v) is 6.33. The van der Waals surface area contributed by atoms with Crippen LogP contribution in [-0.2, 0) is 9.84 Å². The fourth-order valence-corrected chi connectivity index (χ4v) is 1.92. The van der Waals surface area contributed by atoms with E-state index in [0.29, 0.717) is 6.42 Å². The van der Waals surface area contributed by atoms with Gasteiger partial charge in [0.25, 0.3) is 5.79 Å². The van der Waals surface area contributed by atoms with E-state index < -0.39 is 36.1 Å². The molecule has 5 N–H and O–H groups in total. The van der Waals surface area contributed by atoms with Gasteiger partial charge in [-0.2, -0.15) is 5.11 Å². The molecule has 0 saturated carbocycles. The Morgan fingerprint density at radius 1 is 1.42 bits per heavy atom. The maximum atomic E-state index is 11.6. The lowest BCUT2D eigenvalue weighted by Crippen LogP contribution is -2.51. The second-order valence-electron chi connectivity index (χ2n) is 4.71. The Labute approximate surface area is 111 Å². The van der Waals surface area contributed by atoms with E-state index in [1.807, 2.05) is 6.92 Å². The smallest absolute Gasteiger partial charge is 0.260 e. The molecule has 0 aromatic heterocycles. The summed E-state index contributed by atoms with van der Waals surface area (Å²) in [6.45, 7) is 2.02. The molecule has 1 radical (unpaired) electrons. The van der Waals surface area contributed by atoms with Crippen LogP contribution in [0.4, 0.5) is 0 Å². The molecule has 1 saturated heterocycles. The van der Waals surface area contributed by atoms with E-state index in [2.05, 4.69) is 4.74 Å². The van der Waals surface area contributed by atoms with Crippen molar-refractivity contribution in [3.05, 3.63) is 11.8 Å². The molecule has 7 heteroatoms. The Morgan fingerprint density at radius 2 is 2.05 bits per heavy atom. The lowest BCUT2D eigenvalue weighted by Gasteiger charge is -2.25. The molecule has 0 aromatic carbocycles. The van der Waals surface area contributed by atoms with E-state index in [1.165, 1.54) is 6.08 Å². The standard InChI is InChI=1S/C12H21O7/c1-2-3-4-5-6-7(13)8(14)10-12(17,18)9(15)11(16)19-10/h6,8-11,13-17H,2-5H2,1H3/t8-,9+,10-,11?,12-/m1/s1. The van der Waals surface area contributed by atoms with Crippen molar-refractivity contribution in [2.24, 2.45) is 0 Å². The molecule has 1 fully saturated rings. The van der Waals surface area contributed by atoms with Crippen molar-refractivity contribution in [1.29, 1.82) is 0 Å². The van der Waals surface area contributed by atoms with E-state index >= 15 is 0 Å². The van der Waals surface area contributed by atoms with Crippen molar-refractivity contribution in [3.63, 3.8) is 0 Å². The quantitative estimate of drug-likeness (QED) is 0.254. The van der Waals surface area contributed by atoms with Gasteiger partial charge in [0.2, 0.25) is 0 Å². The van der Waals surface area contributed by atoms with Crippen LogP contribution in [0.5, 0.6) is 0 Å². The molecule has 0 aromatic rings. The van der Waals surface area contributed by atoms with Crippen molar-refractivity contribution < 1.29 is 35.4 Å². The van der Waals surface area contributed by atoms with Crippen LogP contribution >= 0.6 is 0 Å². The summed E-state index contributed by atoms with van der Waals surface area (Å²) in [5.41, 5.74) is 0. The molecule has 19 heavy (non-hydrogen) atoms. The van der Waals surface area contributed by atoms with Crippen molar-refractivity contribution in [2.45, 2.75) is 63.0 Å². The van der Waals surface area contributed by atoms with Gasteiger partial charge in [0.1, 0.15) is 11.9 Å². The van der Waals surface area contributed by atoms with Gasteiger partial charge in [0.15, 0.2) is 18.5 Å². The zero-order valence-electron chi connectivity index (χ0n) is 10.8. The van der Waals surface area contributed by atoms with Crippen LogP contribution in [0.15, 0.2) is 11.8 Å². The molecule has 0 bridgehead atoms. The molecule has 1 rings (SSSR count). The average Bonchev–Trinajstić information content (AvgIpc) is 2.57. The predicted octanol–water partition coefficient (Wildman–Crippen LogP) is -0.433. The predicted molar refractivity (Wildman–Crippen MR) is 63.4 cm³/mol. The van der Waals surface area contributed by atoms with Gasteiger partial charge in [-0.05, 0) is 18.9 Å². The maximum absolute atomic E-state index is 11.6. The van der Waals surface area contributed by atoms with Gasteiger partial charge in [-0.1, -0.05) is 19.8 Å². The SMILES string of the molecule is CCCCCC=C(O)[C@@H](O)[C@H]1OC(O)[C@H](O)[C@]1([O])O. The van der Waals surface area contributed by atoms with Crippen molar-refractivity contribution in [1.82, 2.24) is 0 Å². The number of unbranched alkanes of at least 4 members (excludes halogenated alkanes) is 3. The highest BCUT2D eigenvalue weighted by atomic mass is 16.7. The highest BCUT2D eigenvalue weighted by Crippen LogP contribution is 2.32. The molecular weight excluding hydrogens is 256 g/mol. The molecule has 1 unspecified atom stereocenters. The third kappa shape index (κ3) is 3.65. The van der Waals surface area contributed by atoms with Crippen molar-refractivity contribution in [2.75, 3.05) is 0 Å². The first-order chi connectivity index (χ1) is 8.82. The van der Waals surface area contributed by atoms with Crippen LogP contribution in [0, 0.1) is 0 Å². The Balaban J connectivity index is 2.64. The lowest BCUT2D eigenvalue weighted by molar-refractivity contribution is -0.278. The fraction of sp³-hybridized carbons (Fsp3) is 0.833. The molecule has 1 heterocycles. The number of hydrogen-bond acceptors (Lipinski definition) is 6. The second kappa shape index (κ2) is 6.65. The Hall–Kier alpha value is -0.700. The molecule has 7 nitrogen and oxygen atoms in total. The fourth-order valence-electron chi connectivity index (χ4n) is 1.92. The van der Waals surface area contributed by atoms with E-state index in [-0.39, 0.29) is 0 Å². The Bertz CT molecular complexity index is 315. The van der Waals surface area contributed by atoms with Crippen LogP contribution in [0.3, 0.4) is 0 Å². The zero-order chi connectivity index (χ0) is 14.6. The van der Waals surface area contributed by atoms with E-state index in [0.717, 1.165) is 19.3 Å². The average molecular weight is 277 g/mol. The van der Waals surface area contributed by atoms with Crippen LogP contribution in [0.25, 0.3) is 0 Å². The monoisotopic (exact) mass is 277 g/mol. The number of hydrogen-bond donors (Lipinski definition) is 5. The highest BCUT2D eigenvalue weighted by molar-refractivity contribution is 5.07. The summed E-state index contributed by atoms with van der Waals surface area (Å²) in [5, 5.41) is 58.7. The van der Waals surface area contributed by atoms with E-state index in [1.54, 1.807) is 0 Å². The summed E-state index contributed by atoms with van der Waals surface area (Å²) in [7, 11) is 0. The third-order valence-electron chi connectivity index (χ3n) is 3.14. The minimum Gasteiger partial charge on any atom is -0.510 e. The summed E-state index contributed by atoms with van der Waals surface area (Å²) in [4.78, 5) is 0.